The molecule has 0 amide bonds. The summed E-state index contributed by atoms with van der Waals surface area (Å²) < 4.78 is 3.25. The van der Waals surface area contributed by atoms with Crippen LogP contribution in [0.15, 0.2) is 0 Å². The van der Waals surface area contributed by atoms with Crippen molar-refractivity contribution in [3.8, 4) is 0 Å². The fraction of sp³-hybridized carbons (Fsp3) is 1.00. The van der Waals surface area contributed by atoms with Gasteiger partial charge >= 0.3 is 160 Å². The topological polar surface area (TPSA) is 0 Å². The van der Waals surface area contributed by atoms with E-state index in [2.05, 4.69) is 51.1 Å². The molecule has 3 heteroatoms. The van der Waals surface area contributed by atoms with Gasteiger partial charge in [0.15, 0.2) is 0 Å². The van der Waals surface area contributed by atoms with Gasteiger partial charge in [0.25, 0.3) is 0 Å². The maximum absolute atomic E-state index is 2.92. The Morgan fingerprint density at radius 2 is 0.762 bits per heavy atom. The molecule has 0 spiro atoms. The first-order chi connectivity index (χ1) is 10.1. The molecular formula is C18H38I2Sn. The van der Waals surface area contributed by atoms with E-state index in [-0.39, 0.29) is 0 Å². The molecule has 0 saturated carbocycles. The van der Waals surface area contributed by atoms with E-state index in [1.807, 2.05) is 0 Å². The molecular weight excluding hydrogens is 589 g/mol. The van der Waals surface area contributed by atoms with Crippen molar-refractivity contribution in [2.45, 2.75) is 113 Å². The van der Waals surface area contributed by atoms with Gasteiger partial charge in [-0.15, -0.1) is 0 Å². The van der Waals surface area contributed by atoms with Gasteiger partial charge in [0.05, 0.1) is 0 Å². The minimum atomic E-state index is -1.65. The Labute approximate surface area is 158 Å². The maximum atomic E-state index is 2.92. The summed E-state index contributed by atoms with van der Waals surface area (Å²) in [5.74, 6) is 0. The number of halogens is 2. The summed E-state index contributed by atoms with van der Waals surface area (Å²) in [5.41, 5.74) is 0. The second-order valence-corrected chi connectivity index (χ2v) is 55.9. The summed E-state index contributed by atoms with van der Waals surface area (Å²) >= 11 is 5.84. The minimum absolute atomic E-state index is 1.37. The molecule has 0 heterocycles. The second-order valence-electron chi connectivity index (χ2n) is 6.60. The zero-order valence-corrected chi connectivity index (χ0v) is 21.7. The van der Waals surface area contributed by atoms with Crippen molar-refractivity contribution in [3.63, 3.8) is 0 Å². The van der Waals surface area contributed by atoms with Crippen molar-refractivity contribution in [2.24, 2.45) is 0 Å². The fourth-order valence-corrected chi connectivity index (χ4v) is 18.1. The Bertz CT molecular complexity index is 187. The van der Waals surface area contributed by atoms with E-state index in [0.29, 0.717) is 0 Å². The van der Waals surface area contributed by atoms with Crippen LogP contribution in [-0.2, 0) is 0 Å². The SMILES string of the molecule is CCCCCCCC[CH2][Sn]([I])([I])[CH2]CCCCCCCC. The first-order valence-corrected chi connectivity index (χ1v) is 30.2. The summed E-state index contributed by atoms with van der Waals surface area (Å²) in [7, 11) is -1.65. The van der Waals surface area contributed by atoms with Gasteiger partial charge in [-0.1, -0.05) is 0 Å². The zero-order valence-electron chi connectivity index (χ0n) is 14.6. The molecule has 0 rings (SSSR count). The quantitative estimate of drug-likeness (QED) is 0.0913. The number of unbranched alkanes of at least 4 members (excludes halogenated alkanes) is 12. The average molecular weight is 627 g/mol. The molecule has 0 saturated heterocycles. The van der Waals surface area contributed by atoms with Gasteiger partial charge in [0.1, 0.15) is 0 Å². The predicted molar refractivity (Wildman–Crippen MR) is 119 cm³/mol. The Morgan fingerprint density at radius 3 is 1.10 bits per heavy atom. The normalized spacial score (nSPS) is 12.0. The molecule has 0 atom stereocenters. The van der Waals surface area contributed by atoms with Crippen LogP contribution in [0.5, 0.6) is 0 Å². The molecule has 0 aliphatic rings. The molecule has 128 valence electrons. The van der Waals surface area contributed by atoms with Crippen molar-refractivity contribution in [2.75, 3.05) is 0 Å². The van der Waals surface area contributed by atoms with Crippen LogP contribution in [-0.4, -0.2) is 10.4 Å². The van der Waals surface area contributed by atoms with E-state index in [1.54, 1.807) is 8.87 Å². The standard InChI is InChI=1S/2C9H19.2HI.Sn/c2*1-3-5-7-9-8-6-4-2;;;/h2*1,3-9H2,2H3;2*1H;/q;;;;+2/p-2. The van der Waals surface area contributed by atoms with Crippen molar-refractivity contribution in [3.05, 3.63) is 0 Å². The molecule has 0 aromatic carbocycles. The third kappa shape index (κ3) is 18.4. The fourth-order valence-electron chi connectivity index (χ4n) is 2.81. The van der Waals surface area contributed by atoms with Crippen LogP contribution in [0.3, 0.4) is 0 Å². The van der Waals surface area contributed by atoms with Crippen LogP contribution in [0.2, 0.25) is 8.87 Å². The van der Waals surface area contributed by atoms with Gasteiger partial charge in [0, 0.05) is 0 Å². The van der Waals surface area contributed by atoms with Crippen LogP contribution in [0.25, 0.3) is 0 Å². The van der Waals surface area contributed by atoms with Gasteiger partial charge in [0.2, 0.25) is 0 Å². The van der Waals surface area contributed by atoms with E-state index in [0.717, 1.165) is 0 Å². The van der Waals surface area contributed by atoms with Crippen LogP contribution in [0.1, 0.15) is 104 Å². The summed E-state index contributed by atoms with van der Waals surface area (Å²) in [6, 6.07) is 0. The summed E-state index contributed by atoms with van der Waals surface area (Å²) in [4.78, 5) is 0. The molecule has 0 aliphatic heterocycles. The van der Waals surface area contributed by atoms with E-state index in [1.165, 1.54) is 89.9 Å². The van der Waals surface area contributed by atoms with Crippen molar-refractivity contribution < 1.29 is 0 Å². The average Bonchev–Trinajstić information content (AvgIpc) is 2.45. The molecule has 0 radical (unpaired) electrons. The Hall–Kier alpha value is 2.26. The molecule has 0 aromatic rings. The number of rotatable bonds is 16. The van der Waals surface area contributed by atoms with E-state index in [9.17, 15) is 0 Å². The Balaban J connectivity index is 3.35. The van der Waals surface area contributed by atoms with Crippen LogP contribution < -0.4 is 0 Å². The third-order valence-electron chi connectivity index (χ3n) is 4.29. The zero-order chi connectivity index (χ0) is 15.8. The van der Waals surface area contributed by atoms with Crippen LogP contribution in [0, 0.1) is 0 Å². The van der Waals surface area contributed by atoms with Gasteiger partial charge in [-0.2, -0.15) is 0 Å². The predicted octanol–water partition coefficient (Wildman–Crippen LogP) is 8.80. The first kappa shape index (κ1) is 23.3. The summed E-state index contributed by atoms with van der Waals surface area (Å²) in [5, 5.41) is 0. The van der Waals surface area contributed by atoms with E-state index in [4.69, 9.17) is 0 Å². The third-order valence-corrected chi connectivity index (χ3v) is 25.0. The van der Waals surface area contributed by atoms with Crippen LogP contribution >= 0.6 is 37.3 Å². The molecule has 21 heavy (non-hydrogen) atoms. The molecule has 0 unspecified atom stereocenters. The van der Waals surface area contributed by atoms with Crippen molar-refractivity contribution in [1.82, 2.24) is 0 Å². The molecule has 0 N–H and O–H groups in total. The number of hydrogen-bond acceptors (Lipinski definition) is 0. The van der Waals surface area contributed by atoms with Gasteiger partial charge in [-0.25, -0.2) is 0 Å². The number of hydrogen-bond donors (Lipinski definition) is 0. The van der Waals surface area contributed by atoms with Gasteiger partial charge in [-0.05, 0) is 0 Å². The monoisotopic (exact) mass is 628 g/mol. The van der Waals surface area contributed by atoms with E-state index < -0.39 is 10.4 Å². The van der Waals surface area contributed by atoms with Crippen molar-refractivity contribution in [1.29, 1.82) is 0 Å². The Morgan fingerprint density at radius 1 is 0.476 bits per heavy atom. The van der Waals surface area contributed by atoms with Crippen molar-refractivity contribution >= 4 is 47.7 Å². The first-order valence-electron chi connectivity index (χ1n) is 9.50. The summed E-state index contributed by atoms with van der Waals surface area (Å²) in [6.45, 7) is 4.61. The molecule has 0 nitrogen and oxygen atoms in total. The van der Waals surface area contributed by atoms with Crippen LogP contribution in [0.4, 0.5) is 0 Å². The molecule has 0 bridgehead atoms. The second kappa shape index (κ2) is 17.1. The van der Waals surface area contributed by atoms with Gasteiger partial charge in [-0.3, -0.25) is 0 Å². The van der Waals surface area contributed by atoms with Gasteiger partial charge < -0.3 is 0 Å². The Kier molecular flexibility index (Phi) is 18.9. The van der Waals surface area contributed by atoms with E-state index >= 15 is 0 Å². The molecule has 0 aromatic heterocycles. The molecule has 0 aliphatic carbocycles. The summed E-state index contributed by atoms with van der Waals surface area (Å²) in [6.07, 6.45) is 20.6. The molecule has 0 fully saturated rings.